The van der Waals surface area contributed by atoms with E-state index in [1.807, 2.05) is 27.7 Å². The molecule has 0 bridgehead atoms. The number of nitrogens with zero attached hydrogens (tertiary/aromatic N) is 1. The maximum atomic E-state index is 15.0. The summed E-state index contributed by atoms with van der Waals surface area (Å²) in [5, 5.41) is 118. The highest BCUT2D eigenvalue weighted by atomic mass is 16.7. The number of hydrogen-bond acceptors (Lipinski definition) is 38. The zero-order valence-corrected chi connectivity index (χ0v) is 77.5. The van der Waals surface area contributed by atoms with Crippen LogP contribution in [0.2, 0.25) is 0 Å². The standard InChI is InChI=1S/C88H141N7O38/c1-49-50(2)83(133-68(44-128-54(6)102)79(49)129-55(7)103)124-33-29-120-25-11-13-59(104)17-19-63(82(118)90-24-28-123-31-34-125-84-51(3)73(110)74(111)65(41-96)130-84)94-81(117)58-38-56(39-61(106)16-15-60(105)18-22-70(109)95-45-87(8,47-99)88(9,46-95)48-119-10)37-57(40-58)80(116)93-62(64(107)14-12-26-121-30-35-126-85-71(91-52(4)100)77(114)75(112)66(42-97)131-85)20-21-69(108)89-23-27-122-32-36-127-86-72(92-53(5)101)78(115)76(113)67(43-98)132-86/h37-38,40,49-51,62-63,65-68,71-79,83-86,96-99,110-115H,11-36,39,41-48H2,1-10H3,(H,89,108)(H,90,118)(H,91,100)(H,92,101)(H,93,116)(H,94,117)/t49-,50-,51-,62-,63-,65-,66-,67-,68-,71-,72-,73-,74+,75+,76+,77-,78-,79-,83?,84?,85?,86?,87+,88-/m1/s1. The SMILES string of the molecule is COC[C@@]1(C)CN(C(=O)CCC(=O)CCC(=O)Cc2cc(C(=O)N[C@H](CCC(=O)NCCOCCOC3O[C@H](CO)[C@H](O)[C@H](O)[C@H]3NC(C)=O)C(=O)CCCOCCOC3O[C@H](CO)[C@H](O)[C@H](O)[C@H]3NC(C)=O)cc(C(=O)N[C@H](CCC(=O)CCCOCCOC3O[C@H](COC(C)=O)[C@H](OC(C)=O)[C@H](C)[C@H]3C)C(=O)NCCOCCOC3O[C@H](CO)[C@H](O)[C@H](O)[C@H]3C)c2)C[C@@]1(C)CO. The van der Waals surface area contributed by atoms with Crippen LogP contribution in [-0.2, 0) is 130 Å². The van der Waals surface area contributed by atoms with Gasteiger partial charge in [0.25, 0.3) is 11.8 Å². The van der Waals surface area contributed by atoms with Crippen molar-refractivity contribution in [2.45, 2.75) is 262 Å². The second-order valence-corrected chi connectivity index (χ2v) is 34.6. The zero-order valence-electron chi connectivity index (χ0n) is 77.5. The molecule has 133 heavy (non-hydrogen) atoms. The van der Waals surface area contributed by atoms with Crippen LogP contribution in [0.1, 0.15) is 166 Å². The number of carbonyl (C=O) groups excluding carboxylic acids is 13. The van der Waals surface area contributed by atoms with Crippen molar-refractivity contribution in [3.63, 3.8) is 0 Å². The molecule has 756 valence electrons. The van der Waals surface area contributed by atoms with Crippen LogP contribution < -0.4 is 31.9 Å². The maximum absolute atomic E-state index is 15.0. The average Bonchev–Trinajstić information content (AvgIpc) is 1.60. The molecule has 1 aromatic rings. The lowest BCUT2D eigenvalue weighted by Crippen LogP contribution is -2.64. The van der Waals surface area contributed by atoms with Gasteiger partial charge in [-0.25, -0.2) is 0 Å². The van der Waals surface area contributed by atoms with Crippen molar-refractivity contribution in [2.75, 3.05) is 152 Å². The molecular formula is C88H141N7O38. The molecule has 5 aliphatic heterocycles. The molecule has 16 N–H and O–H groups in total. The van der Waals surface area contributed by atoms with E-state index in [4.69, 9.17) is 71.1 Å². The molecule has 0 aromatic heterocycles. The summed E-state index contributed by atoms with van der Waals surface area (Å²) in [6.07, 6.45) is -21.6. The van der Waals surface area contributed by atoms with Crippen molar-refractivity contribution >= 4 is 76.4 Å². The van der Waals surface area contributed by atoms with Crippen LogP contribution in [0.3, 0.4) is 0 Å². The van der Waals surface area contributed by atoms with E-state index in [2.05, 4.69) is 31.9 Å². The number of benzene rings is 1. The lowest BCUT2D eigenvalue weighted by molar-refractivity contribution is -0.284. The van der Waals surface area contributed by atoms with E-state index in [0.717, 1.165) is 6.07 Å². The highest BCUT2D eigenvalue weighted by Gasteiger charge is 2.54. The van der Waals surface area contributed by atoms with Gasteiger partial charge in [0.1, 0.15) is 103 Å². The van der Waals surface area contributed by atoms with E-state index >= 15 is 0 Å². The number of rotatable bonds is 61. The van der Waals surface area contributed by atoms with Gasteiger partial charge in [0.15, 0.2) is 30.9 Å². The van der Waals surface area contributed by atoms with E-state index in [1.165, 1.54) is 46.9 Å². The quantitative estimate of drug-likeness (QED) is 0.0217. The average molecular weight is 1910 g/mol. The first-order valence-corrected chi connectivity index (χ1v) is 45.1. The van der Waals surface area contributed by atoms with E-state index in [0.29, 0.717) is 0 Å². The van der Waals surface area contributed by atoms with Gasteiger partial charge >= 0.3 is 11.9 Å². The van der Waals surface area contributed by atoms with E-state index in [9.17, 15) is 113 Å². The molecule has 45 heteroatoms. The predicted octanol–water partition coefficient (Wildman–Crippen LogP) is -4.30. The lowest BCUT2D eigenvalue weighted by Gasteiger charge is -2.43. The number of nitrogens with one attached hydrogen (secondary N) is 6. The molecule has 45 nitrogen and oxygen atoms in total. The smallest absolute Gasteiger partial charge is 0.303 e. The van der Waals surface area contributed by atoms with Crippen molar-refractivity contribution in [3.8, 4) is 0 Å². The molecule has 4 unspecified atom stereocenters. The number of methoxy groups -OCH3 is 1. The number of ether oxygens (including phenoxy) is 15. The molecule has 0 saturated carbocycles. The highest BCUT2D eigenvalue weighted by molar-refractivity contribution is 6.03. The van der Waals surface area contributed by atoms with Gasteiger partial charge in [-0.15, -0.1) is 0 Å². The minimum absolute atomic E-state index is 0.00604. The summed E-state index contributed by atoms with van der Waals surface area (Å²) in [4.78, 5) is 176. The molecule has 1 aromatic carbocycles. The Kier molecular flexibility index (Phi) is 49.7. The van der Waals surface area contributed by atoms with Gasteiger partial charge in [0.05, 0.1) is 111 Å². The number of ketones is 4. The largest absolute Gasteiger partial charge is 0.463 e. The van der Waals surface area contributed by atoms with E-state index in [-0.39, 0.29) is 236 Å². The first-order chi connectivity index (χ1) is 63.2. The van der Waals surface area contributed by atoms with Gasteiger partial charge in [-0.05, 0) is 49.4 Å². The number of likely N-dealkylation sites (tertiary alicyclic amines) is 1. The Bertz CT molecular complexity index is 3870. The Morgan fingerprint density at radius 3 is 1.43 bits per heavy atom. The third-order valence-corrected chi connectivity index (χ3v) is 24.1. The van der Waals surface area contributed by atoms with Gasteiger partial charge in [-0.3, -0.25) is 62.3 Å². The summed E-state index contributed by atoms with van der Waals surface area (Å²) in [6.45, 7) is 10.9. The van der Waals surface area contributed by atoms with Gasteiger partial charge in [-0.2, -0.15) is 0 Å². The lowest BCUT2D eigenvalue weighted by atomic mass is 9.69. The van der Waals surface area contributed by atoms with E-state index in [1.54, 1.807) is 11.8 Å². The minimum Gasteiger partial charge on any atom is -0.463 e. The van der Waals surface area contributed by atoms with Crippen LogP contribution in [0.5, 0.6) is 0 Å². The monoisotopic (exact) mass is 1900 g/mol. The summed E-state index contributed by atoms with van der Waals surface area (Å²) in [5.74, 6) is -9.23. The van der Waals surface area contributed by atoms with Crippen molar-refractivity contribution < 1.29 is 184 Å². The molecule has 0 spiro atoms. The highest BCUT2D eigenvalue weighted by Crippen LogP contribution is 2.46. The summed E-state index contributed by atoms with van der Waals surface area (Å²) in [6, 6.07) is -1.79. The van der Waals surface area contributed by atoms with Gasteiger partial charge in [0.2, 0.25) is 29.5 Å². The second-order valence-electron chi connectivity index (χ2n) is 34.6. The normalized spacial score (nSPS) is 28.6. The van der Waals surface area contributed by atoms with Crippen LogP contribution in [0.25, 0.3) is 0 Å². The number of amides is 7. The number of aliphatic hydroxyl groups excluding tert-OH is 10. The van der Waals surface area contributed by atoms with Crippen LogP contribution >= 0.6 is 0 Å². The fraction of sp³-hybridized carbons (Fsp3) is 0.784. The van der Waals surface area contributed by atoms with Crippen molar-refractivity contribution in [1.29, 1.82) is 0 Å². The maximum Gasteiger partial charge on any atom is 0.303 e. The van der Waals surface area contributed by atoms with Gasteiger partial charge in [-0.1, -0.05) is 34.6 Å². The Labute approximate surface area is 772 Å². The molecule has 7 amide bonds. The first-order valence-electron chi connectivity index (χ1n) is 45.1. The fourth-order valence-electron chi connectivity index (χ4n) is 15.9. The van der Waals surface area contributed by atoms with Gasteiger partial charge in [0, 0.05) is 172 Å². The fourth-order valence-corrected chi connectivity index (χ4v) is 15.9. The van der Waals surface area contributed by atoms with Crippen molar-refractivity contribution in [2.24, 2.45) is 28.6 Å². The summed E-state index contributed by atoms with van der Waals surface area (Å²) >= 11 is 0. The third-order valence-electron chi connectivity index (χ3n) is 24.1. The molecule has 5 aliphatic rings. The number of aliphatic hydroxyl groups is 10. The number of Topliss-reactive ketones (excluding diaryl/α,β-unsaturated/α-hetero) is 4. The number of hydrogen-bond donors (Lipinski definition) is 16. The van der Waals surface area contributed by atoms with Crippen LogP contribution in [-0.4, -0.2) is 401 Å². The Hall–Kier alpha value is -7.79. The number of esters is 2. The van der Waals surface area contributed by atoms with Crippen molar-refractivity contribution in [1.82, 2.24) is 36.8 Å². The molecule has 5 saturated heterocycles. The molecule has 0 radical (unpaired) electrons. The van der Waals surface area contributed by atoms with Gasteiger partial charge < -0.3 is 159 Å². The zero-order chi connectivity index (χ0) is 98.2. The summed E-state index contributed by atoms with van der Waals surface area (Å²) in [5.41, 5.74) is -1.91. The predicted molar refractivity (Wildman–Crippen MR) is 460 cm³/mol. The molecule has 5 fully saturated rings. The third kappa shape index (κ3) is 36.6. The Morgan fingerprint density at radius 1 is 0.466 bits per heavy atom. The number of carbonyl (C=O) groups is 13. The van der Waals surface area contributed by atoms with Crippen LogP contribution in [0.4, 0.5) is 0 Å². The molecule has 5 heterocycles. The molecule has 24 atom stereocenters. The first kappa shape index (κ1) is 114. The van der Waals surface area contributed by atoms with E-state index < -0.39 is 231 Å². The second kappa shape index (κ2) is 58.1. The summed E-state index contributed by atoms with van der Waals surface area (Å²) in [7, 11) is 1.52. The topological polar surface area (TPSA) is 638 Å². The summed E-state index contributed by atoms with van der Waals surface area (Å²) < 4.78 is 85.1. The molecular weight excluding hydrogens is 1760 g/mol. The minimum atomic E-state index is -1.59. The molecule has 0 aliphatic carbocycles. The Balaban J connectivity index is 1.21. The van der Waals surface area contributed by atoms with Crippen molar-refractivity contribution in [3.05, 3.63) is 34.9 Å². The van der Waals surface area contributed by atoms with Crippen LogP contribution in [0.15, 0.2) is 18.2 Å². The van der Waals surface area contributed by atoms with Crippen LogP contribution in [0, 0.1) is 28.6 Å². The molecule has 6 rings (SSSR count). The Morgan fingerprint density at radius 2 is 0.917 bits per heavy atom.